The minimum atomic E-state index is -0.274. The van der Waals surface area contributed by atoms with E-state index < -0.39 is 0 Å². The molecule has 2 aromatic carbocycles. The summed E-state index contributed by atoms with van der Waals surface area (Å²) in [6.07, 6.45) is -0.189. The molecule has 0 saturated carbocycles. The molecule has 0 saturated heterocycles. The van der Waals surface area contributed by atoms with Gasteiger partial charge in [-0.05, 0) is 25.1 Å². The average molecular weight is 303 g/mol. The fourth-order valence-corrected chi connectivity index (χ4v) is 2.13. The van der Waals surface area contributed by atoms with Gasteiger partial charge in [0.05, 0.1) is 18.6 Å². The van der Waals surface area contributed by atoms with Crippen LogP contribution in [0.4, 0.5) is 0 Å². The lowest BCUT2D eigenvalue weighted by atomic mass is 10.0. The van der Waals surface area contributed by atoms with E-state index in [-0.39, 0.29) is 18.0 Å². The Morgan fingerprint density at radius 3 is 2.43 bits per heavy atom. The van der Waals surface area contributed by atoms with Gasteiger partial charge < -0.3 is 4.74 Å². The van der Waals surface area contributed by atoms with Crippen LogP contribution >= 0.6 is 11.6 Å². The largest absolute Gasteiger partial charge is 0.493 e. The van der Waals surface area contributed by atoms with Gasteiger partial charge >= 0.3 is 0 Å². The van der Waals surface area contributed by atoms with Crippen LogP contribution < -0.4 is 4.74 Å². The van der Waals surface area contributed by atoms with Gasteiger partial charge in [-0.2, -0.15) is 0 Å². The van der Waals surface area contributed by atoms with Gasteiger partial charge in [0.1, 0.15) is 5.75 Å². The Morgan fingerprint density at radius 1 is 1.05 bits per heavy atom. The third-order valence-electron chi connectivity index (χ3n) is 2.96. The van der Waals surface area contributed by atoms with Gasteiger partial charge in [0.15, 0.2) is 11.6 Å². The van der Waals surface area contributed by atoms with E-state index in [1.165, 1.54) is 0 Å². The van der Waals surface area contributed by atoms with Crippen LogP contribution in [-0.4, -0.2) is 18.2 Å². The Kier molecular flexibility index (Phi) is 5.12. The van der Waals surface area contributed by atoms with E-state index >= 15 is 0 Å². The molecule has 0 N–H and O–H groups in total. The summed E-state index contributed by atoms with van der Waals surface area (Å²) in [4.78, 5) is 24.4. The first kappa shape index (κ1) is 15.3. The molecule has 0 unspecified atom stereocenters. The predicted octanol–water partition coefficient (Wildman–Crippen LogP) is 4.19. The van der Waals surface area contributed by atoms with Gasteiger partial charge in [0.2, 0.25) is 0 Å². The third kappa shape index (κ3) is 3.92. The number of benzene rings is 2. The molecule has 0 radical (unpaired) electrons. The van der Waals surface area contributed by atoms with Crippen LogP contribution in [0.5, 0.6) is 5.75 Å². The topological polar surface area (TPSA) is 43.4 Å². The average Bonchev–Trinajstić information content (AvgIpc) is 2.48. The van der Waals surface area contributed by atoms with Crippen LogP contribution in [0.3, 0.4) is 0 Å². The van der Waals surface area contributed by atoms with Crippen LogP contribution in [0.1, 0.15) is 34.1 Å². The van der Waals surface area contributed by atoms with E-state index in [1.807, 2.05) is 13.0 Å². The zero-order chi connectivity index (χ0) is 15.2. The Hall–Kier alpha value is -2.13. The molecule has 0 aliphatic carbocycles. The Bertz CT molecular complexity index is 650. The minimum Gasteiger partial charge on any atom is -0.493 e. The molecule has 0 aliphatic heterocycles. The fraction of sp³-hybridized carbons (Fsp3) is 0.176. The summed E-state index contributed by atoms with van der Waals surface area (Å²) in [7, 11) is 0. The predicted molar refractivity (Wildman–Crippen MR) is 82.3 cm³/mol. The van der Waals surface area contributed by atoms with Crippen molar-refractivity contribution in [2.45, 2.75) is 13.3 Å². The van der Waals surface area contributed by atoms with E-state index in [0.29, 0.717) is 28.5 Å². The molecular formula is C17H15ClO3. The first-order valence-electron chi connectivity index (χ1n) is 6.65. The molecule has 4 heteroatoms. The highest BCUT2D eigenvalue weighted by molar-refractivity contribution is 6.31. The highest BCUT2D eigenvalue weighted by Gasteiger charge is 2.17. The van der Waals surface area contributed by atoms with Crippen LogP contribution in [0.15, 0.2) is 48.5 Å². The summed E-state index contributed by atoms with van der Waals surface area (Å²) in [5.74, 6) is -0.0715. The summed E-state index contributed by atoms with van der Waals surface area (Å²) in [6.45, 7) is 2.25. The highest BCUT2D eigenvalue weighted by atomic mass is 35.5. The molecule has 0 amide bonds. The van der Waals surface area contributed by atoms with E-state index in [1.54, 1.807) is 42.5 Å². The molecule has 0 aromatic heterocycles. The first-order chi connectivity index (χ1) is 10.1. The molecule has 21 heavy (non-hydrogen) atoms. The number of carbonyl (C=O) groups excluding carboxylic acids is 2. The van der Waals surface area contributed by atoms with Gasteiger partial charge in [0.25, 0.3) is 0 Å². The summed E-state index contributed by atoms with van der Waals surface area (Å²) in [5, 5.41) is 0.490. The number of Topliss-reactive ketones (excluding diaryl/α,β-unsaturated/α-hetero) is 2. The quantitative estimate of drug-likeness (QED) is 0.593. The molecule has 108 valence electrons. The molecule has 3 nitrogen and oxygen atoms in total. The highest BCUT2D eigenvalue weighted by Crippen LogP contribution is 2.25. The van der Waals surface area contributed by atoms with Crippen LogP contribution in [0.2, 0.25) is 5.02 Å². The van der Waals surface area contributed by atoms with E-state index in [4.69, 9.17) is 16.3 Å². The Balaban J connectivity index is 2.19. The van der Waals surface area contributed by atoms with Crippen molar-refractivity contribution >= 4 is 23.2 Å². The van der Waals surface area contributed by atoms with E-state index in [2.05, 4.69) is 0 Å². The molecular weight excluding hydrogens is 288 g/mol. The van der Waals surface area contributed by atoms with Gasteiger partial charge in [-0.15, -0.1) is 0 Å². The molecule has 0 aliphatic rings. The van der Waals surface area contributed by atoms with E-state index in [0.717, 1.165) is 0 Å². The lowest BCUT2D eigenvalue weighted by Gasteiger charge is -2.09. The van der Waals surface area contributed by atoms with Crippen molar-refractivity contribution in [3.05, 3.63) is 64.7 Å². The second-order valence-corrected chi connectivity index (χ2v) is 4.90. The number of halogens is 1. The molecule has 0 fully saturated rings. The SMILES string of the molecule is CCOc1cc(Cl)ccc1C(=O)CC(=O)c1ccccc1. The van der Waals surface area contributed by atoms with Crippen molar-refractivity contribution in [1.82, 2.24) is 0 Å². The fourth-order valence-electron chi connectivity index (χ4n) is 1.97. The van der Waals surface area contributed by atoms with Crippen LogP contribution in [0, 0.1) is 0 Å². The van der Waals surface area contributed by atoms with Crippen molar-refractivity contribution in [1.29, 1.82) is 0 Å². The smallest absolute Gasteiger partial charge is 0.174 e. The number of ether oxygens (including phenoxy) is 1. The first-order valence-corrected chi connectivity index (χ1v) is 7.03. The van der Waals surface area contributed by atoms with Crippen molar-refractivity contribution in [2.24, 2.45) is 0 Å². The number of rotatable bonds is 6. The number of hydrogen-bond donors (Lipinski definition) is 0. The monoisotopic (exact) mass is 302 g/mol. The maximum Gasteiger partial charge on any atom is 0.174 e. The maximum atomic E-state index is 12.3. The van der Waals surface area contributed by atoms with Crippen molar-refractivity contribution in [3.63, 3.8) is 0 Å². The van der Waals surface area contributed by atoms with E-state index in [9.17, 15) is 9.59 Å². The molecule has 0 atom stereocenters. The second kappa shape index (κ2) is 7.04. The number of hydrogen-bond acceptors (Lipinski definition) is 3. The molecule has 2 rings (SSSR count). The van der Waals surface area contributed by atoms with Crippen molar-refractivity contribution in [2.75, 3.05) is 6.61 Å². The van der Waals surface area contributed by atoms with Gasteiger partial charge in [-0.25, -0.2) is 0 Å². The summed E-state index contributed by atoms with van der Waals surface area (Å²) in [5.41, 5.74) is 0.906. The zero-order valence-electron chi connectivity index (χ0n) is 11.6. The molecule has 0 heterocycles. The standard InChI is InChI=1S/C17H15ClO3/c1-2-21-17-10-13(18)8-9-14(17)16(20)11-15(19)12-6-4-3-5-7-12/h3-10H,2,11H2,1H3. The lowest BCUT2D eigenvalue weighted by molar-refractivity contribution is 0.0892. The Morgan fingerprint density at radius 2 is 1.76 bits per heavy atom. The van der Waals surface area contributed by atoms with Crippen LogP contribution in [-0.2, 0) is 0 Å². The van der Waals surface area contributed by atoms with Crippen LogP contribution in [0.25, 0.3) is 0 Å². The second-order valence-electron chi connectivity index (χ2n) is 4.46. The van der Waals surface area contributed by atoms with Crippen molar-refractivity contribution < 1.29 is 14.3 Å². The zero-order valence-corrected chi connectivity index (χ0v) is 12.4. The van der Waals surface area contributed by atoms with Gasteiger partial charge in [0, 0.05) is 10.6 Å². The van der Waals surface area contributed by atoms with Gasteiger partial charge in [-0.1, -0.05) is 41.9 Å². The number of ketones is 2. The molecule has 0 bridgehead atoms. The normalized spacial score (nSPS) is 10.2. The molecule has 2 aromatic rings. The minimum absolute atomic E-state index is 0.189. The number of carbonyl (C=O) groups is 2. The van der Waals surface area contributed by atoms with Gasteiger partial charge in [-0.3, -0.25) is 9.59 Å². The summed E-state index contributed by atoms with van der Waals surface area (Å²) in [6, 6.07) is 13.5. The lowest BCUT2D eigenvalue weighted by Crippen LogP contribution is -2.10. The maximum absolute atomic E-state index is 12.3. The third-order valence-corrected chi connectivity index (χ3v) is 3.20. The molecule has 0 spiro atoms. The Labute approximate surface area is 128 Å². The summed E-state index contributed by atoms with van der Waals surface area (Å²) >= 11 is 5.90. The van der Waals surface area contributed by atoms with Crippen molar-refractivity contribution in [3.8, 4) is 5.75 Å². The summed E-state index contributed by atoms with van der Waals surface area (Å²) < 4.78 is 5.41.